The van der Waals surface area contributed by atoms with E-state index in [4.69, 9.17) is 0 Å². The van der Waals surface area contributed by atoms with Gasteiger partial charge >= 0.3 is 6.03 Å². The molecule has 20 heavy (non-hydrogen) atoms. The number of urea groups is 1. The van der Waals surface area contributed by atoms with Crippen molar-refractivity contribution >= 4 is 24.6 Å². The van der Waals surface area contributed by atoms with E-state index < -0.39 is 5.54 Å². The Labute approximate surface area is 126 Å². The molecular weight excluding hydrogens is 272 g/mol. The molecule has 3 rings (SSSR count). The highest BCUT2D eigenvalue weighted by atomic mass is 32.1. The molecule has 0 aromatic rings. The second-order valence-electron chi connectivity index (χ2n) is 6.83. The van der Waals surface area contributed by atoms with Crippen molar-refractivity contribution in [2.75, 3.05) is 12.3 Å². The SMILES string of the molecule is O=C1NC2(CCCC2)C(=O)N1CC1(CS)CCCCC1. The molecule has 4 nitrogen and oxygen atoms in total. The van der Waals surface area contributed by atoms with E-state index in [2.05, 4.69) is 17.9 Å². The predicted octanol–water partition coefficient (Wildman–Crippen LogP) is 2.73. The van der Waals surface area contributed by atoms with Crippen molar-refractivity contribution in [3.05, 3.63) is 0 Å². The van der Waals surface area contributed by atoms with Gasteiger partial charge in [-0.25, -0.2) is 4.79 Å². The number of hydrogen-bond acceptors (Lipinski definition) is 3. The molecule has 1 N–H and O–H groups in total. The summed E-state index contributed by atoms with van der Waals surface area (Å²) in [7, 11) is 0. The van der Waals surface area contributed by atoms with Crippen LogP contribution in [-0.2, 0) is 4.79 Å². The molecule has 112 valence electrons. The molecule has 0 atom stereocenters. The zero-order chi connectivity index (χ0) is 14.2. The molecule has 3 aliphatic rings. The zero-order valence-electron chi connectivity index (χ0n) is 12.0. The molecule has 0 radical (unpaired) electrons. The number of nitrogens with one attached hydrogen (secondary N) is 1. The number of amides is 3. The molecule has 3 amide bonds. The summed E-state index contributed by atoms with van der Waals surface area (Å²) in [5, 5.41) is 2.97. The summed E-state index contributed by atoms with van der Waals surface area (Å²) in [6.45, 7) is 0.558. The lowest BCUT2D eigenvalue weighted by atomic mass is 9.75. The van der Waals surface area contributed by atoms with Gasteiger partial charge in [-0.3, -0.25) is 9.69 Å². The highest BCUT2D eigenvalue weighted by Crippen LogP contribution is 2.41. The number of hydrogen-bond donors (Lipinski definition) is 2. The topological polar surface area (TPSA) is 49.4 Å². The number of thiol groups is 1. The Hall–Kier alpha value is -0.710. The first kappa shape index (κ1) is 14.2. The summed E-state index contributed by atoms with van der Waals surface area (Å²) in [4.78, 5) is 26.4. The molecule has 1 saturated heterocycles. The van der Waals surface area contributed by atoms with Crippen molar-refractivity contribution in [2.24, 2.45) is 5.41 Å². The molecule has 0 aromatic carbocycles. The smallest absolute Gasteiger partial charge is 0.323 e. The van der Waals surface area contributed by atoms with Gasteiger partial charge < -0.3 is 5.32 Å². The van der Waals surface area contributed by atoms with Crippen LogP contribution in [0.3, 0.4) is 0 Å². The van der Waals surface area contributed by atoms with E-state index in [1.165, 1.54) is 24.2 Å². The molecular formula is C15H24N2O2S. The van der Waals surface area contributed by atoms with E-state index in [1.807, 2.05) is 0 Å². The Kier molecular flexibility index (Phi) is 3.73. The Balaban J connectivity index is 1.76. The first-order chi connectivity index (χ1) is 9.61. The maximum absolute atomic E-state index is 12.7. The lowest BCUT2D eigenvalue weighted by Gasteiger charge is -2.38. The highest BCUT2D eigenvalue weighted by molar-refractivity contribution is 7.80. The maximum Gasteiger partial charge on any atom is 0.325 e. The number of carbonyl (C=O) groups is 2. The van der Waals surface area contributed by atoms with Crippen molar-refractivity contribution in [2.45, 2.75) is 63.3 Å². The van der Waals surface area contributed by atoms with Gasteiger partial charge in [0.25, 0.3) is 5.91 Å². The summed E-state index contributed by atoms with van der Waals surface area (Å²) in [6.07, 6.45) is 9.50. The van der Waals surface area contributed by atoms with Crippen molar-refractivity contribution < 1.29 is 9.59 Å². The molecule has 1 aliphatic heterocycles. The molecule has 0 aromatic heterocycles. The summed E-state index contributed by atoms with van der Waals surface area (Å²) >= 11 is 4.51. The van der Waals surface area contributed by atoms with Crippen LogP contribution >= 0.6 is 12.6 Å². The van der Waals surface area contributed by atoms with Crippen molar-refractivity contribution in [1.82, 2.24) is 10.2 Å². The Morgan fingerprint density at radius 1 is 1.00 bits per heavy atom. The fraction of sp³-hybridized carbons (Fsp3) is 0.867. The Morgan fingerprint density at radius 2 is 1.60 bits per heavy atom. The standard InChI is InChI=1S/C15H24N2O2S/c18-12-15(8-4-5-9-15)16-13(19)17(12)10-14(11-20)6-2-1-3-7-14/h20H,1-11H2,(H,16,19). The van der Waals surface area contributed by atoms with E-state index in [0.717, 1.165) is 44.3 Å². The van der Waals surface area contributed by atoms with Crippen LogP contribution in [0.25, 0.3) is 0 Å². The van der Waals surface area contributed by atoms with Crippen molar-refractivity contribution in [1.29, 1.82) is 0 Å². The van der Waals surface area contributed by atoms with Crippen LogP contribution < -0.4 is 5.32 Å². The maximum atomic E-state index is 12.7. The normalized spacial score (nSPS) is 28.1. The van der Waals surface area contributed by atoms with Gasteiger partial charge in [0.05, 0.1) is 0 Å². The van der Waals surface area contributed by atoms with Crippen LogP contribution in [0.2, 0.25) is 0 Å². The molecule has 1 spiro atoms. The molecule has 2 aliphatic carbocycles. The number of imide groups is 1. The van der Waals surface area contributed by atoms with Crippen LogP contribution in [0.4, 0.5) is 4.79 Å². The van der Waals surface area contributed by atoms with Crippen molar-refractivity contribution in [3.63, 3.8) is 0 Å². The van der Waals surface area contributed by atoms with Crippen molar-refractivity contribution in [3.8, 4) is 0 Å². The van der Waals surface area contributed by atoms with E-state index in [0.29, 0.717) is 6.54 Å². The Bertz CT molecular complexity index is 412. The lowest BCUT2D eigenvalue weighted by Crippen LogP contribution is -2.46. The third kappa shape index (κ3) is 2.24. The highest BCUT2D eigenvalue weighted by Gasteiger charge is 2.53. The van der Waals surface area contributed by atoms with E-state index in [1.54, 1.807) is 0 Å². The molecule has 0 bridgehead atoms. The number of carbonyl (C=O) groups excluding carboxylic acids is 2. The van der Waals surface area contributed by atoms with Gasteiger partial charge in [-0.1, -0.05) is 32.1 Å². The molecule has 0 unspecified atom stereocenters. The largest absolute Gasteiger partial charge is 0.325 e. The van der Waals surface area contributed by atoms with Gasteiger partial charge in [-0.2, -0.15) is 12.6 Å². The summed E-state index contributed by atoms with van der Waals surface area (Å²) in [5.74, 6) is 0.781. The third-order valence-electron chi connectivity index (χ3n) is 5.45. The molecule has 3 fully saturated rings. The Morgan fingerprint density at radius 3 is 2.20 bits per heavy atom. The predicted molar refractivity (Wildman–Crippen MR) is 80.8 cm³/mol. The van der Waals surface area contributed by atoms with Crippen LogP contribution in [0.5, 0.6) is 0 Å². The summed E-state index contributed by atoms with van der Waals surface area (Å²) in [5.41, 5.74) is -0.526. The minimum absolute atomic E-state index is 0.0201. The van der Waals surface area contributed by atoms with Gasteiger partial charge in [0.15, 0.2) is 0 Å². The second-order valence-corrected chi connectivity index (χ2v) is 7.15. The minimum Gasteiger partial charge on any atom is -0.323 e. The van der Waals surface area contributed by atoms with Crippen LogP contribution in [0.15, 0.2) is 0 Å². The van der Waals surface area contributed by atoms with E-state index in [9.17, 15) is 9.59 Å². The molecule has 5 heteroatoms. The molecule has 1 heterocycles. The number of nitrogens with zero attached hydrogens (tertiary/aromatic N) is 1. The fourth-order valence-corrected chi connectivity index (χ4v) is 4.56. The average molecular weight is 296 g/mol. The van der Waals surface area contributed by atoms with Gasteiger partial charge in [-0.15, -0.1) is 0 Å². The van der Waals surface area contributed by atoms with Gasteiger partial charge in [0, 0.05) is 6.54 Å². The second kappa shape index (κ2) is 5.24. The summed E-state index contributed by atoms with van der Waals surface area (Å²) in [6, 6.07) is -0.177. The van der Waals surface area contributed by atoms with Gasteiger partial charge in [0.1, 0.15) is 5.54 Å². The van der Waals surface area contributed by atoms with Gasteiger partial charge in [0.2, 0.25) is 0 Å². The number of rotatable bonds is 3. The molecule has 2 saturated carbocycles. The van der Waals surface area contributed by atoms with Gasteiger partial charge in [-0.05, 0) is 36.9 Å². The lowest BCUT2D eigenvalue weighted by molar-refractivity contribution is -0.132. The van der Waals surface area contributed by atoms with Crippen LogP contribution in [0.1, 0.15) is 57.8 Å². The third-order valence-corrected chi connectivity index (χ3v) is 6.12. The van der Waals surface area contributed by atoms with E-state index >= 15 is 0 Å². The monoisotopic (exact) mass is 296 g/mol. The van der Waals surface area contributed by atoms with E-state index in [-0.39, 0.29) is 17.4 Å². The fourth-order valence-electron chi connectivity index (χ4n) is 4.14. The van der Waals surface area contributed by atoms with Crippen LogP contribution in [-0.4, -0.2) is 34.7 Å². The van der Waals surface area contributed by atoms with Crippen LogP contribution in [0, 0.1) is 5.41 Å². The first-order valence-electron chi connectivity index (χ1n) is 7.86. The summed E-state index contributed by atoms with van der Waals surface area (Å²) < 4.78 is 0. The average Bonchev–Trinajstić information content (AvgIpc) is 3.02. The quantitative estimate of drug-likeness (QED) is 0.621. The minimum atomic E-state index is -0.566. The zero-order valence-corrected chi connectivity index (χ0v) is 12.9. The first-order valence-corrected chi connectivity index (χ1v) is 8.49.